The molecule has 10 heteroatoms. The molecule has 0 fully saturated rings. The SMILES string of the molecule is CCOC(C)=O.CN1C(=O)[C@@H](NC(=O)c2nnc(Cc3ccccc3)[nH]2)COc2ccccc21. The van der Waals surface area contributed by atoms with E-state index in [1.165, 1.54) is 11.8 Å². The van der Waals surface area contributed by atoms with E-state index < -0.39 is 11.9 Å². The van der Waals surface area contributed by atoms with Gasteiger partial charge in [0.2, 0.25) is 5.82 Å². The van der Waals surface area contributed by atoms with Gasteiger partial charge < -0.3 is 24.7 Å². The Kier molecular flexibility index (Phi) is 8.33. The Morgan fingerprint density at radius 3 is 2.53 bits per heavy atom. The van der Waals surface area contributed by atoms with Gasteiger partial charge in [-0.3, -0.25) is 14.4 Å². The second-order valence-electron chi connectivity index (χ2n) is 7.41. The van der Waals surface area contributed by atoms with Crippen LogP contribution in [-0.2, 0) is 20.7 Å². The molecular weight excluding hydrogens is 438 g/mol. The summed E-state index contributed by atoms with van der Waals surface area (Å²) in [4.78, 5) is 39.5. The average molecular weight is 466 g/mol. The average Bonchev–Trinajstić information content (AvgIpc) is 3.26. The van der Waals surface area contributed by atoms with Crippen LogP contribution in [0.15, 0.2) is 54.6 Å². The van der Waals surface area contributed by atoms with Gasteiger partial charge in [-0.25, -0.2) is 0 Å². The lowest BCUT2D eigenvalue weighted by atomic mass is 10.1. The summed E-state index contributed by atoms with van der Waals surface area (Å²) >= 11 is 0. The highest BCUT2D eigenvalue weighted by molar-refractivity contribution is 6.02. The number of aromatic amines is 1. The van der Waals surface area contributed by atoms with Crippen molar-refractivity contribution in [3.63, 3.8) is 0 Å². The molecule has 2 amide bonds. The number of amides is 2. The minimum atomic E-state index is -0.826. The zero-order chi connectivity index (χ0) is 24.5. The van der Waals surface area contributed by atoms with E-state index in [1.807, 2.05) is 42.5 Å². The second-order valence-corrected chi connectivity index (χ2v) is 7.41. The van der Waals surface area contributed by atoms with Crippen molar-refractivity contribution in [2.75, 3.05) is 25.2 Å². The van der Waals surface area contributed by atoms with E-state index in [2.05, 4.69) is 25.2 Å². The number of anilines is 1. The molecule has 1 atom stereocenters. The molecule has 0 bridgehead atoms. The monoisotopic (exact) mass is 465 g/mol. The van der Waals surface area contributed by atoms with Crippen LogP contribution < -0.4 is 15.0 Å². The van der Waals surface area contributed by atoms with Crippen LogP contribution in [0.25, 0.3) is 0 Å². The molecule has 0 saturated carbocycles. The normalized spacial score (nSPS) is 14.6. The number of hydrogen-bond donors (Lipinski definition) is 2. The highest BCUT2D eigenvalue weighted by Crippen LogP contribution is 2.29. The minimum Gasteiger partial charge on any atom is -0.489 e. The van der Waals surface area contributed by atoms with Gasteiger partial charge in [-0.15, -0.1) is 10.2 Å². The number of rotatable bonds is 5. The highest BCUT2D eigenvalue weighted by Gasteiger charge is 2.31. The number of fused-ring (bicyclic) bond motifs is 1. The summed E-state index contributed by atoms with van der Waals surface area (Å²) in [6, 6.07) is 16.2. The molecular formula is C24H27N5O5. The third kappa shape index (κ3) is 6.41. The number of nitrogens with one attached hydrogen (secondary N) is 2. The molecule has 0 saturated heterocycles. The maximum Gasteiger partial charge on any atom is 0.302 e. The van der Waals surface area contributed by atoms with E-state index in [0.717, 1.165) is 5.56 Å². The molecule has 0 aliphatic carbocycles. The predicted molar refractivity (Wildman–Crippen MR) is 125 cm³/mol. The molecule has 10 nitrogen and oxygen atoms in total. The third-order valence-electron chi connectivity index (χ3n) is 4.88. The summed E-state index contributed by atoms with van der Waals surface area (Å²) in [7, 11) is 1.65. The van der Waals surface area contributed by atoms with Crippen molar-refractivity contribution < 1.29 is 23.9 Å². The van der Waals surface area contributed by atoms with E-state index in [4.69, 9.17) is 4.74 Å². The topological polar surface area (TPSA) is 127 Å². The molecule has 178 valence electrons. The molecule has 4 rings (SSSR count). The van der Waals surface area contributed by atoms with Gasteiger partial charge in [-0.05, 0) is 24.6 Å². The van der Waals surface area contributed by atoms with Crippen molar-refractivity contribution in [1.82, 2.24) is 20.5 Å². The zero-order valence-corrected chi connectivity index (χ0v) is 19.3. The van der Waals surface area contributed by atoms with Crippen LogP contribution in [0.1, 0.15) is 35.9 Å². The molecule has 1 aliphatic heterocycles. The Morgan fingerprint density at radius 2 is 1.85 bits per heavy atom. The lowest BCUT2D eigenvalue weighted by Crippen LogP contribution is -2.49. The van der Waals surface area contributed by atoms with Crippen LogP contribution in [-0.4, -0.2) is 59.3 Å². The van der Waals surface area contributed by atoms with Crippen molar-refractivity contribution in [3.8, 4) is 5.75 Å². The fourth-order valence-corrected chi connectivity index (χ4v) is 3.25. The van der Waals surface area contributed by atoms with Crippen LogP contribution in [0.5, 0.6) is 5.75 Å². The number of nitrogens with zero attached hydrogens (tertiary/aromatic N) is 3. The number of benzene rings is 2. The predicted octanol–water partition coefficient (Wildman–Crippen LogP) is 2.12. The van der Waals surface area contributed by atoms with Crippen LogP contribution >= 0.6 is 0 Å². The first-order chi connectivity index (χ1) is 16.4. The van der Waals surface area contributed by atoms with Gasteiger partial charge in [0.25, 0.3) is 11.8 Å². The lowest BCUT2D eigenvalue weighted by molar-refractivity contribution is -0.140. The summed E-state index contributed by atoms with van der Waals surface area (Å²) in [6.07, 6.45) is 0.532. The number of carbonyl (C=O) groups is 3. The second kappa shape index (κ2) is 11.6. The maximum absolute atomic E-state index is 12.7. The van der Waals surface area contributed by atoms with E-state index in [0.29, 0.717) is 30.3 Å². The lowest BCUT2D eigenvalue weighted by Gasteiger charge is -2.19. The maximum atomic E-state index is 12.7. The van der Waals surface area contributed by atoms with Crippen molar-refractivity contribution >= 4 is 23.5 Å². The number of esters is 1. The Bertz CT molecular complexity index is 1130. The van der Waals surface area contributed by atoms with Gasteiger partial charge in [-0.1, -0.05) is 42.5 Å². The number of para-hydroxylation sites is 2. The Labute approximate surface area is 197 Å². The van der Waals surface area contributed by atoms with Crippen molar-refractivity contribution in [1.29, 1.82) is 0 Å². The van der Waals surface area contributed by atoms with E-state index in [9.17, 15) is 14.4 Å². The van der Waals surface area contributed by atoms with Gasteiger partial charge in [0.1, 0.15) is 24.2 Å². The zero-order valence-electron chi connectivity index (χ0n) is 19.3. The first-order valence-electron chi connectivity index (χ1n) is 10.8. The number of carbonyl (C=O) groups excluding carboxylic acids is 3. The number of likely N-dealkylation sites (N-methyl/N-ethyl adjacent to an activating group) is 1. The van der Waals surface area contributed by atoms with Gasteiger partial charge in [-0.2, -0.15) is 0 Å². The van der Waals surface area contributed by atoms with Crippen LogP contribution in [0.3, 0.4) is 0 Å². The van der Waals surface area contributed by atoms with Gasteiger partial charge in [0.15, 0.2) is 0 Å². The number of ether oxygens (including phenoxy) is 2. The number of aromatic nitrogens is 3. The summed E-state index contributed by atoms with van der Waals surface area (Å²) in [5.74, 6) is 0.250. The molecule has 0 radical (unpaired) electrons. The molecule has 1 aromatic heterocycles. The molecule has 3 aromatic rings. The first kappa shape index (κ1) is 24.4. The first-order valence-corrected chi connectivity index (χ1v) is 10.8. The third-order valence-corrected chi connectivity index (χ3v) is 4.88. The minimum absolute atomic E-state index is 0.0386. The van der Waals surface area contributed by atoms with E-state index in [1.54, 1.807) is 26.1 Å². The van der Waals surface area contributed by atoms with Gasteiger partial charge in [0.05, 0.1) is 12.3 Å². The molecule has 2 N–H and O–H groups in total. The molecule has 0 spiro atoms. The van der Waals surface area contributed by atoms with Gasteiger partial charge >= 0.3 is 5.97 Å². The van der Waals surface area contributed by atoms with E-state index in [-0.39, 0.29) is 24.3 Å². The molecule has 2 heterocycles. The van der Waals surface area contributed by atoms with E-state index >= 15 is 0 Å². The largest absolute Gasteiger partial charge is 0.489 e. The van der Waals surface area contributed by atoms with Crippen molar-refractivity contribution in [2.45, 2.75) is 26.3 Å². The number of hydrogen-bond acceptors (Lipinski definition) is 7. The van der Waals surface area contributed by atoms with Crippen LogP contribution in [0, 0.1) is 0 Å². The fourth-order valence-electron chi connectivity index (χ4n) is 3.25. The fraction of sp³-hybridized carbons (Fsp3) is 0.292. The highest BCUT2D eigenvalue weighted by atomic mass is 16.5. The summed E-state index contributed by atoms with van der Waals surface area (Å²) < 4.78 is 10.1. The molecule has 0 unspecified atom stereocenters. The Balaban J connectivity index is 0.000000481. The van der Waals surface area contributed by atoms with Crippen LogP contribution in [0.2, 0.25) is 0 Å². The smallest absolute Gasteiger partial charge is 0.302 e. The molecule has 1 aliphatic rings. The Morgan fingerprint density at radius 1 is 1.15 bits per heavy atom. The van der Waals surface area contributed by atoms with Gasteiger partial charge in [0, 0.05) is 20.4 Å². The number of H-pyrrole nitrogens is 1. The van der Waals surface area contributed by atoms with Crippen molar-refractivity contribution in [3.05, 3.63) is 71.8 Å². The summed E-state index contributed by atoms with van der Waals surface area (Å²) in [5.41, 5.74) is 1.71. The molecule has 2 aromatic carbocycles. The molecule has 34 heavy (non-hydrogen) atoms. The quantitative estimate of drug-likeness (QED) is 0.553. The standard InChI is InChI=1S/C20H19N5O3.C4H8O2/c1-25-15-9-5-6-10-16(15)28-12-14(20(25)27)21-19(26)18-22-17(23-24-18)11-13-7-3-2-4-8-13;1-3-6-4(2)5/h2-10,14H,11-12H2,1H3,(H,21,26)(H,22,23,24);3H2,1-2H3/t14-;/m0./s1. The van der Waals surface area contributed by atoms with Crippen molar-refractivity contribution in [2.24, 2.45) is 0 Å². The summed E-state index contributed by atoms with van der Waals surface area (Å²) in [6.45, 7) is 3.69. The summed E-state index contributed by atoms with van der Waals surface area (Å²) in [5, 5.41) is 10.6. The van der Waals surface area contributed by atoms with Crippen LogP contribution in [0.4, 0.5) is 5.69 Å². The Hall–Kier alpha value is -4.21.